The predicted octanol–water partition coefficient (Wildman–Crippen LogP) is 2.37. The van der Waals surface area contributed by atoms with Gasteiger partial charge < -0.3 is 0 Å². The molecule has 0 aromatic heterocycles. The van der Waals surface area contributed by atoms with Crippen LogP contribution in [0.3, 0.4) is 0 Å². The number of thioether (sulfide) groups is 1. The number of nitriles is 1. The third-order valence-electron chi connectivity index (χ3n) is 1.85. The van der Waals surface area contributed by atoms with E-state index in [0.29, 0.717) is 0 Å². The Kier molecular flexibility index (Phi) is 1.57. The van der Waals surface area contributed by atoms with E-state index in [1.165, 1.54) is 0 Å². The maximum Gasteiger partial charge on any atom is 0.0904 e. The smallest absolute Gasteiger partial charge is 0.0904 e. The molecule has 1 rings (SSSR count). The lowest BCUT2D eigenvalue weighted by Gasteiger charge is -2.04. The van der Waals surface area contributed by atoms with Crippen molar-refractivity contribution < 1.29 is 0 Å². The first-order chi connectivity index (χ1) is 4.08. The summed E-state index contributed by atoms with van der Waals surface area (Å²) in [7, 11) is 0. The minimum Gasteiger partial charge on any atom is -0.198 e. The molecule has 9 heavy (non-hydrogen) atoms. The van der Waals surface area contributed by atoms with Crippen molar-refractivity contribution >= 4 is 27.7 Å². The number of hydrogen-bond acceptors (Lipinski definition) is 2. The quantitative estimate of drug-likeness (QED) is 0.615. The highest BCUT2D eigenvalue weighted by molar-refractivity contribution is 9.12. The second-order valence-electron chi connectivity index (χ2n) is 2.55. The summed E-state index contributed by atoms with van der Waals surface area (Å²) in [5.41, 5.74) is -0.119. The van der Waals surface area contributed by atoms with Crippen LogP contribution in [0.1, 0.15) is 13.3 Å². The lowest BCUT2D eigenvalue weighted by Crippen LogP contribution is -2.01. The summed E-state index contributed by atoms with van der Waals surface area (Å²) < 4.78 is 0.0642. The van der Waals surface area contributed by atoms with E-state index in [2.05, 4.69) is 22.0 Å². The van der Waals surface area contributed by atoms with Gasteiger partial charge in [-0.3, -0.25) is 0 Å². The fourth-order valence-corrected chi connectivity index (χ4v) is 2.41. The molecule has 0 spiro atoms. The van der Waals surface area contributed by atoms with Crippen molar-refractivity contribution in [1.82, 2.24) is 0 Å². The van der Waals surface area contributed by atoms with Gasteiger partial charge in [0.2, 0.25) is 0 Å². The Bertz CT molecular complexity index is 176. The van der Waals surface area contributed by atoms with Crippen LogP contribution in [0.25, 0.3) is 0 Å². The highest BCUT2D eigenvalue weighted by Crippen LogP contribution is 2.67. The Hall–Kier alpha value is 0.320. The van der Waals surface area contributed by atoms with Crippen LogP contribution in [-0.4, -0.2) is 9.91 Å². The van der Waals surface area contributed by atoms with Gasteiger partial charge in [0.05, 0.1) is 15.1 Å². The molecule has 2 atom stereocenters. The fourth-order valence-electron chi connectivity index (χ4n) is 0.831. The molecule has 0 radical (unpaired) electrons. The molecule has 0 aromatic carbocycles. The highest BCUT2D eigenvalue weighted by Gasteiger charge is 2.63. The zero-order valence-electron chi connectivity index (χ0n) is 5.44. The molecule has 50 valence electrons. The van der Waals surface area contributed by atoms with E-state index in [4.69, 9.17) is 5.26 Å². The lowest BCUT2D eigenvalue weighted by molar-refractivity contribution is 0.763. The molecule has 1 nitrogen and oxygen atoms in total. The van der Waals surface area contributed by atoms with Gasteiger partial charge in [0.25, 0.3) is 0 Å². The summed E-state index contributed by atoms with van der Waals surface area (Å²) in [5.74, 6) is 0. The number of nitrogens with zero attached hydrogens (tertiary/aromatic N) is 1. The van der Waals surface area contributed by atoms with Gasteiger partial charge in [0.1, 0.15) is 0 Å². The molecular formula is C6H8BrNS. The molecule has 0 aromatic rings. The average molecular weight is 206 g/mol. The Labute approximate surface area is 67.9 Å². The molecule has 1 aliphatic carbocycles. The third-order valence-corrected chi connectivity index (χ3v) is 5.22. The van der Waals surface area contributed by atoms with Crippen molar-refractivity contribution in [3.63, 3.8) is 0 Å². The Morgan fingerprint density at radius 2 is 2.33 bits per heavy atom. The molecule has 1 fully saturated rings. The number of rotatable bonds is 1. The molecule has 0 aliphatic heterocycles. The maximum absolute atomic E-state index is 8.64. The van der Waals surface area contributed by atoms with Crippen molar-refractivity contribution in [3.05, 3.63) is 0 Å². The van der Waals surface area contributed by atoms with E-state index < -0.39 is 0 Å². The van der Waals surface area contributed by atoms with Gasteiger partial charge >= 0.3 is 0 Å². The normalized spacial score (nSPS) is 48.2. The van der Waals surface area contributed by atoms with Crippen LogP contribution in [0.15, 0.2) is 0 Å². The van der Waals surface area contributed by atoms with Gasteiger partial charge in [-0.2, -0.15) is 5.26 Å². The molecule has 0 amide bonds. The van der Waals surface area contributed by atoms with Gasteiger partial charge in [0.15, 0.2) is 0 Å². The zero-order chi connectivity index (χ0) is 7.12. The van der Waals surface area contributed by atoms with E-state index in [9.17, 15) is 0 Å². The van der Waals surface area contributed by atoms with E-state index >= 15 is 0 Å². The molecule has 1 saturated carbocycles. The second kappa shape index (κ2) is 1.90. The van der Waals surface area contributed by atoms with E-state index in [-0.39, 0.29) is 9.07 Å². The summed E-state index contributed by atoms with van der Waals surface area (Å²) in [6, 6.07) is 2.29. The minimum absolute atomic E-state index is 0.0642. The SMILES string of the molecule is CS[C@]1(Br)C[C@]1(C)C#N. The van der Waals surface area contributed by atoms with E-state index in [1.54, 1.807) is 11.8 Å². The van der Waals surface area contributed by atoms with Gasteiger partial charge in [-0.25, -0.2) is 0 Å². The van der Waals surface area contributed by atoms with E-state index in [0.717, 1.165) is 6.42 Å². The Morgan fingerprint density at radius 3 is 2.44 bits per heavy atom. The van der Waals surface area contributed by atoms with Gasteiger partial charge in [-0.15, -0.1) is 11.8 Å². The van der Waals surface area contributed by atoms with Gasteiger partial charge in [0, 0.05) is 0 Å². The number of hydrogen-bond donors (Lipinski definition) is 0. The molecule has 1 aliphatic rings. The van der Waals surface area contributed by atoms with Crippen LogP contribution >= 0.6 is 27.7 Å². The Balaban J connectivity index is 2.68. The van der Waals surface area contributed by atoms with Crippen LogP contribution < -0.4 is 0 Å². The summed E-state index contributed by atoms with van der Waals surface area (Å²) in [6.07, 6.45) is 3.00. The molecule has 0 heterocycles. The minimum atomic E-state index is -0.119. The Morgan fingerprint density at radius 1 is 1.78 bits per heavy atom. The zero-order valence-corrected chi connectivity index (χ0v) is 7.84. The predicted molar refractivity (Wildman–Crippen MR) is 43.5 cm³/mol. The number of alkyl halides is 1. The van der Waals surface area contributed by atoms with Gasteiger partial charge in [-0.05, 0) is 19.6 Å². The summed E-state index contributed by atoms with van der Waals surface area (Å²) in [4.78, 5) is 0. The van der Waals surface area contributed by atoms with Crippen molar-refractivity contribution in [2.45, 2.75) is 17.0 Å². The highest BCUT2D eigenvalue weighted by atomic mass is 79.9. The van der Waals surface area contributed by atoms with Crippen LogP contribution in [0.5, 0.6) is 0 Å². The first-order valence-electron chi connectivity index (χ1n) is 2.73. The van der Waals surface area contributed by atoms with Crippen molar-refractivity contribution in [2.75, 3.05) is 6.26 Å². The molecule has 0 unspecified atom stereocenters. The summed E-state index contributed by atoms with van der Waals surface area (Å²) >= 11 is 5.23. The number of halogens is 1. The van der Waals surface area contributed by atoms with Crippen molar-refractivity contribution in [3.8, 4) is 6.07 Å². The standard InChI is InChI=1S/C6H8BrNS/c1-5(4-8)3-6(5,7)9-2/h3H2,1-2H3/t5-,6-/m1/s1. The third kappa shape index (κ3) is 0.890. The van der Waals surface area contributed by atoms with Gasteiger partial charge in [-0.1, -0.05) is 15.9 Å². The average Bonchev–Trinajstić information content (AvgIpc) is 2.39. The summed E-state index contributed by atoms with van der Waals surface area (Å²) in [6.45, 7) is 1.98. The molecule has 0 N–H and O–H groups in total. The van der Waals surface area contributed by atoms with E-state index in [1.807, 2.05) is 13.2 Å². The van der Waals surface area contributed by atoms with Crippen LogP contribution in [0.4, 0.5) is 0 Å². The first-order valence-corrected chi connectivity index (χ1v) is 4.75. The molecule has 3 heteroatoms. The van der Waals surface area contributed by atoms with Crippen LogP contribution in [0.2, 0.25) is 0 Å². The van der Waals surface area contributed by atoms with Crippen molar-refractivity contribution in [2.24, 2.45) is 5.41 Å². The van der Waals surface area contributed by atoms with Crippen LogP contribution in [-0.2, 0) is 0 Å². The second-order valence-corrected chi connectivity index (χ2v) is 5.54. The topological polar surface area (TPSA) is 23.8 Å². The molecule has 0 saturated heterocycles. The lowest BCUT2D eigenvalue weighted by atomic mass is 10.2. The largest absolute Gasteiger partial charge is 0.198 e. The monoisotopic (exact) mass is 205 g/mol. The molecule has 0 bridgehead atoms. The van der Waals surface area contributed by atoms with Crippen molar-refractivity contribution in [1.29, 1.82) is 5.26 Å². The first kappa shape index (κ1) is 7.43. The maximum atomic E-state index is 8.64. The van der Waals surface area contributed by atoms with Crippen LogP contribution in [0, 0.1) is 16.7 Å². The summed E-state index contributed by atoms with van der Waals surface area (Å²) in [5, 5.41) is 8.64. The fraction of sp³-hybridized carbons (Fsp3) is 0.833. The molecular weight excluding hydrogens is 198 g/mol.